The fourth-order valence-electron chi connectivity index (χ4n) is 2.56. The van der Waals surface area contributed by atoms with E-state index in [9.17, 15) is 9.59 Å². The molecule has 0 aromatic carbocycles. The average Bonchev–Trinajstić information content (AvgIpc) is 3.13. The van der Waals surface area contributed by atoms with Gasteiger partial charge in [0.15, 0.2) is 0 Å². The molecule has 0 heterocycles. The zero-order chi connectivity index (χ0) is 13.8. The minimum Gasteiger partial charge on any atom is -0.480 e. The van der Waals surface area contributed by atoms with Gasteiger partial charge in [-0.3, -0.25) is 14.5 Å². The normalized spacial score (nSPS) is 19.2. The third-order valence-electron chi connectivity index (χ3n) is 3.57. The predicted molar refractivity (Wildman–Crippen MR) is 71.6 cm³/mol. The summed E-state index contributed by atoms with van der Waals surface area (Å²) in [6.45, 7) is 0.0867. The number of hydrogen-bond acceptors (Lipinski definition) is 3. The molecule has 0 aromatic rings. The molecule has 1 amide bonds. The molecule has 2 rings (SSSR count). The maximum absolute atomic E-state index is 12.4. The Morgan fingerprint density at radius 1 is 1.32 bits per heavy atom. The number of carbonyl (C=O) groups excluding carboxylic acids is 1. The molecule has 106 valence electrons. The Balaban J connectivity index is 1.96. The number of aliphatic carboxylic acids is 1. The van der Waals surface area contributed by atoms with Gasteiger partial charge in [0.25, 0.3) is 0 Å². The van der Waals surface area contributed by atoms with Crippen molar-refractivity contribution in [2.24, 2.45) is 0 Å². The van der Waals surface area contributed by atoms with E-state index in [0.29, 0.717) is 6.04 Å². The number of nitrogens with zero attached hydrogens (tertiary/aromatic N) is 2. The molecule has 0 unspecified atom stereocenters. The van der Waals surface area contributed by atoms with Gasteiger partial charge in [-0.05, 0) is 45.6 Å². The van der Waals surface area contributed by atoms with Crippen molar-refractivity contribution in [1.29, 1.82) is 0 Å². The zero-order valence-corrected chi connectivity index (χ0v) is 11.5. The molecular formula is C14H22N2O3. The summed E-state index contributed by atoms with van der Waals surface area (Å²) in [5.41, 5.74) is 1.16. The molecule has 0 spiro atoms. The lowest BCUT2D eigenvalue weighted by atomic mass is 10.0. The van der Waals surface area contributed by atoms with Crippen molar-refractivity contribution >= 4 is 11.9 Å². The van der Waals surface area contributed by atoms with Crippen LogP contribution in [0.5, 0.6) is 0 Å². The Labute approximate surface area is 113 Å². The summed E-state index contributed by atoms with van der Waals surface area (Å²) in [4.78, 5) is 26.5. The van der Waals surface area contributed by atoms with Gasteiger partial charge < -0.3 is 10.0 Å². The van der Waals surface area contributed by atoms with Crippen molar-refractivity contribution in [2.75, 3.05) is 20.1 Å². The Bertz CT molecular complexity index is 388. The summed E-state index contributed by atoms with van der Waals surface area (Å²) in [5.74, 6) is -0.857. The lowest BCUT2D eigenvalue weighted by molar-refractivity contribution is -0.139. The van der Waals surface area contributed by atoms with E-state index in [1.165, 1.54) is 6.42 Å². The van der Waals surface area contributed by atoms with Crippen LogP contribution in [0.4, 0.5) is 0 Å². The lowest BCUT2D eigenvalue weighted by Crippen LogP contribution is -2.41. The molecule has 0 aromatic heterocycles. The monoisotopic (exact) mass is 266 g/mol. The Morgan fingerprint density at radius 3 is 2.58 bits per heavy atom. The first kappa shape index (κ1) is 14.1. The molecule has 2 aliphatic carbocycles. The molecule has 0 aliphatic heterocycles. The summed E-state index contributed by atoms with van der Waals surface area (Å²) in [5, 5.41) is 8.73. The number of carbonyl (C=O) groups is 2. The van der Waals surface area contributed by atoms with Gasteiger partial charge in [-0.25, -0.2) is 0 Å². The fraction of sp³-hybridized carbons (Fsp3) is 0.714. The van der Waals surface area contributed by atoms with Crippen molar-refractivity contribution in [3.05, 3.63) is 11.8 Å². The van der Waals surface area contributed by atoms with Crippen LogP contribution in [0, 0.1) is 0 Å². The number of amides is 1. The topological polar surface area (TPSA) is 60.9 Å². The number of carboxylic acids is 1. The smallest absolute Gasteiger partial charge is 0.317 e. The molecule has 5 heteroatoms. The molecule has 0 radical (unpaired) electrons. The predicted octanol–water partition coefficient (Wildman–Crippen LogP) is 1.45. The molecule has 5 nitrogen and oxygen atoms in total. The van der Waals surface area contributed by atoms with Crippen molar-refractivity contribution < 1.29 is 14.7 Å². The van der Waals surface area contributed by atoms with E-state index in [2.05, 4.69) is 6.08 Å². The molecule has 0 saturated heterocycles. The van der Waals surface area contributed by atoms with E-state index in [1.807, 2.05) is 4.90 Å². The number of likely N-dealkylation sites (N-methyl/N-ethyl adjacent to an activating group) is 1. The summed E-state index contributed by atoms with van der Waals surface area (Å²) in [6, 6.07) is 0.357. The van der Waals surface area contributed by atoms with Crippen molar-refractivity contribution in [1.82, 2.24) is 9.80 Å². The van der Waals surface area contributed by atoms with Crippen LogP contribution in [0.2, 0.25) is 0 Å². The quantitative estimate of drug-likeness (QED) is 0.790. The van der Waals surface area contributed by atoms with Crippen LogP contribution in [0.1, 0.15) is 38.5 Å². The summed E-state index contributed by atoms with van der Waals surface area (Å²) >= 11 is 0. The van der Waals surface area contributed by atoms with Crippen LogP contribution < -0.4 is 0 Å². The zero-order valence-electron chi connectivity index (χ0n) is 11.5. The molecule has 1 fully saturated rings. The second-order valence-corrected chi connectivity index (χ2v) is 5.50. The van der Waals surface area contributed by atoms with Gasteiger partial charge in [-0.15, -0.1) is 0 Å². The third-order valence-corrected chi connectivity index (χ3v) is 3.57. The van der Waals surface area contributed by atoms with Gasteiger partial charge in [0.05, 0.1) is 13.1 Å². The standard InChI is InChI=1S/C14H22N2O3/c1-15(10-14(18)19)9-13(17)16(12-7-8-12)11-5-3-2-4-6-11/h5,12H,2-4,6-10H2,1H3,(H,18,19). The van der Waals surface area contributed by atoms with Crippen LogP contribution >= 0.6 is 0 Å². The van der Waals surface area contributed by atoms with E-state index in [-0.39, 0.29) is 19.0 Å². The molecule has 1 saturated carbocycles. The highest BCUT2D eigenvalue weighted by atomic mass is 16.4. The highest BCUT2D eigenvalue weighted by Gasteiger charge is 2.35. The van der Waals surface area contributed by atoms with E-state index >= 15 is 0 Å². The lowest BCUT2D eigenvalue weighted by Gasteiger charge is -2.29. The van der Waals surface area contributed by atoms with Gasteiger partial charge in [0.1, 0.15) is 0 Å². The molecular weight excluding hydrogens is 244 g/mol. The highest BCUT2D eigenvalue weighted by molar-refractivity contribution is 5.81. The minimum atomic E-state index is -0.898. The summed E-state index contributed by atoms with van der Waals surface area (Å²) < 4.78 is 0. The maximum Gasteiger partial charge on any atom is 0.317 e. The molecule has 0 bridgehead atoms. The van der Waals surface area contributed by atoms with Crippen molar-refractivity contribution in [2.45, 2.75) is 44.6 Å². The second kappa shape index (κ2) is 6.19. The maximum atomic E-state index is 12.4. The largest absolute Gasteiger partial charge is 0.480 e. The van der Waals surface area contributed by atoms with Gasteiger partial charge in [-0.2, -0.15) is 0 Å². The van der Waals surface area contributed by atoms with Crippen LogP contribution in [0.15, 0.2) is 11.8 Å². The molecule has 0 atom stereocenters. The van der Waals surface area contributed by atoms with E-state index in [0.717, 1.165) is 37.8 Å². The van der Waals surface area contributed by atoms with Crippen molar-refractivity contribution in [3.63, 3.8) is 0 Å². The van der Waals surface area contributed by atoms with Gasteiger partial charge in [0, 0.05) is 11.7 Å². The fourth-order valence-corrected chi connectivity index (χ4v) is 2.56. The van der Waals surface area contributed by atoms with E-state index in [1.54, 1.807) is 11.9 Å². The number of hydrogen-bond donors (Lipinski definition) is 1. The second-order valence-electron chi connectivity index (χ2n) is 5.50. The summed E-state index contributed by atoms with van der Waals surface area (Å²) in [7, 11) is 1.67. The SMILES string of the molecule is CN(CC(=O)O)CC(=O)N(C1=CCCCC1)C1CC1. The van der Waals surface area contributed by atoms with Crippen molar-refractivity contribution in [3.8, 4) is 0 Å². The minimum absolute atomic E-state index is 0.0411. The number of carboxylic acid groups (broad SMARTS) is 1. The van der Waals surface area contributed by atoms with Gasteiger partial charge in [-0.1, -0.05) is 6.08 Å². The molecule has 1 N–H and O–H groups in total. The number of rotatable bonds is 6. The van der Waals surface area contributed by atoms with E-state index < -0.39 is 5.97 Å². The first-order valence-corrected chi connectivity index (χ1v) is 6.99. The molecule has 19 heavy (non-hydrogen) atoms. The van der Waals surface area contributed by atoms with Crippen LogP contribution in [-0.4, -0.2) is 53.0 Å². The number of allylic oxidation sites excluding steroid dienone is 2. The Morgan fingerprint density at radius 2 is 2.05 bits per heavy atom. The first-order chi connectivity index (χ1) is 9.08. The Kier molecular flexibility index (Phi) is 4.58. The van der Waals surface area contributed by atoms with Crippen LogP contribution in [0.25, 0.3) is 0 Å². The third kappa shape index (κ3) is 4.06. The van der Waals surface area contributed by atoms with Gasteiger partial charge >= 0.3 is 5.97 Å². The molecule has 2 aliphatic rings. The van der Waals surface area contributed by atoms with Crippen LogP contribution in [0.3, 0.4) is 0 Å². The summed E-state index contributed by atoms with van der Waals surface area (Å²) in [6.07, 6.45) is 8.71. The average molecular weight is 266 g/mol. The van der Waals surface area contributed by atoms with Gasteiger partial charge in [0.2, 0.25) is 5.91 Å². The Hall–Kier alpha value is -1.36. The highest BCUT2D eigenvalue weighted by Crippen LogP contribution is 2.33. The van der Waals surface area contributed by atoms with Crippen LogP contribution in [-0.2, 0) is 9.59 Å². The first-order valence-electron chi connectivity index (χ1n) is 6.99. The van der Waals surface area contributed by atoms with E-state index in [4.69, 9.17) is 5.11 Å².